The van der Waals surface area contributed by atoms with Crippen molar-refractivity contribution < 1.29 is 14.3 Å². The third-order valence-corrected chi connectivity index (χ3v) is 3.79. The third kappa shape index (κ3) is 2.87. The first-order valence-electron chi connectivity index (χ1n) is 7.81. The fraction of sp³-hybridized carbons (Fsp3) is 0.111. The number of carbonyl (C=O) groups is 1. The van der Waals surface area contributed by atoms with Crippen LogP contribution < -0.4 is 25.3 Å². The maximum absolute atomic E-state index is 12.6. The molecule has 2 aromatic rings. The highest BCUT2D eigenvalue weighted by molar-refractivity contribution is 6.51. The number of fused-ring (bicyclic) bond motifs is 1. The van der Waals surface area contributed by atoms with E-state index in [9.17, 15) is 4.79 Å². The predicted octanol–water partition coefficient (Wildman–Crippen LogP) is 2.29. The molecule has 0 radical (unpaired) electrons. The number of amides is 1. The van der Waals surface area contributed by atoms with Gasteiger partial charge in [0.1, 0.15) is 13.2 Å². The van der Waals surface area contributed by atoms with Crippen molar-refractivity contribution in [2.45, 2.75) is 0 Å². The maximum atomic E-state index is 12.6. The molecule has 0 bridgehead atoms. The van der Waals surface area contributed by atoms with Crippen LogP contribution in [0.15, 0.2) is 65.9 Å². The zero-order valence-electron chi connectivity index (χ0n) is 13.4. The molecule has 2 aliphatic rings. The minimum Gasteiger partial charge on any atom is -0.486 e. The molecule has 7 nitrogen and oxygen atoms in total. The van der Waals surface area contributed by atoms with Crippen LogP contribution in [-0.4, -0.2) is 24.8 Å². The quantitative estimate of drug-likeness (QED) is 0.841. The molecule has 0 aliphatic carbocycles. The Balaban J connectivity index is 1.53. The van der Waals surface area contributed by atoms with E-state index in [4.69, 9.17) is 9.47 Å². The lowest BCUT2D eigenvalue weighted by atomic mass is 10.2. The lowest BCUT2D eigenvalue weighted by Crippen LogP contribution is -2.34. The largest absolute Gasteiger partial charge is 0.486 e. The van der Waals surface area contributed by atoms with E-state index in [-0.39, 0.29) is 11.6 Å². The lowest BCUT2D eigenvalue weighted by molar-refractivity contribution is -0.112. The molecule has 0 saturated carbocycles. The topological polar surface area (TPSA) is 75.2 Å². The highest BCUT2D eigenvalue weighted by Gasteiger charge is 2.32. The zero-order valence-corrected chi connectivity index (χ0v) is 13.4. The van der Waals surface area contributed by atoms with Gasteiger partial charge < -0.3 is 9.47 Å². The summed E-state index contributed by atoms with van der Waals surface area (Å²) in [5.74, 6) is 1.07. The third-order valence-electron chi connectivity index (χ3n) is 3.79. The molecular formula is C18H16N4O3. The normalized spacial score (nSPS) is 17.6. The number of nitrogens with zero attached hydrogens (tertiary/aromatic N) is 2. The van der Waals surface area contributed by atoms with E-state index in [1.54, 1.807) is 12.1 Å². The van der Waals surface area contributed by atoms with Crippen molar-refractivity contribution in [2.75, 3.05) is 23.6 Å². The van der Waals surface area contributed by atoms with Gasteiger partial charge in [-0.05, 0) is 24.3 Å². The Kier molecular flexibility index (Phi) is 3.74. The molecule has 0 atom stereocenters. The number of hydrogen-bond donors (Lipinski definition) is 2. The highest BCUT2D eigenvalue weighted by Crippen LogP contribution is 2.32. The second kappa shape index (κ2) is 6.20. The first-order chi connectivity index (χ1) is 12.2. The molecule has 0 unspecified atom stereocenters. The Morgan fingerprint density at radius 1 is 1.08 bits per heavy atom. The molecule has 1 saturated heterocycles. The molecule has 0 aromatic heterocycles. The van der Waals surface area contributed by atoms with Crippen LogP contribution in [0.1, 0.15) is 0 Å². The number of hydrogen-bond acceptors (Lipinski definition) is 6. The van der Waals surface area contributed by atoms with Gasteiger partial charge in [0.25, 0.3) is 5.91 Å². The van der Waals surface area contributed by atoms with Gasteiger partial charge in [-0.1, -0.05) is 24.8 Å². The van der Waals surface area contributed by atoms with Crippen LogP contribution in [0.2, 0.25) is 0 Å². The number of benzene rings is 2. The molecule has 1 amide bonds. The maximum Gasteiger partial charge on any atom is 0.299 e. The van der Waals surface area contributed by atoms with E-state index < -0.39 is 0 Å². The van der Waals surface area contributed by atoms with E-state index in [0.717, 1.165) is 5.69 Å². The first-order valence-corrected chi connectivity index (χ1v) is 7.81. The monoisotopic (exact) mass is 336 g/mol. The van der Waals surface area contributed by atoms with Crippen LogP contribution in [0.3, 0.4) is 0 Å². The minimum atomic E-state index is -0.277. The van der Waals surface area contributed by atoms with E-state index in [1.807, 2.05) is 36.4 Å². The minimum absolute atomic E-state index is 0.221. The summed E-state index contributed by atoms with van der Waals surface area (Å²) < 4.78 is 11.0. The number of para-hydroxylation sites is 1. The zero-order chi connectivity index (χ0) is 17.2. The van der Waals surface area contributed by atoms with Gasteiger partial charge >= 0.3 is 0 Å². The summed E-state index contributed by atoms with van der Waals surface area (Å²) in [7, 11) is 0. The van der Waals surface area contributed by atoms with Gasteiger partial charge in [-0.25, -0.2) is 5.01 Å². The predicted molar refractivity (Wildman–Crippen MR) is 94.7 cm³/mol. The fourth-order valence-electron chi connectivity index (χ4n) is 2.58. The second-order valence-corrected chi connectivity index (χ2v) is 5.50. The van der Waals surface area contributed by atoms with Crippen molar-refractivity contribution in [2.24, 2.45) is 5.10 Å². The van der Waals surface area contributed by atoms with E-state index in [1.165, 1.54) is 5.01 Å². The van der Waals surface area contributed by atoms with Gasteiger partial charge in [-0.2, -0.15) is 5.10 Å². The Labute approximate surface area is 144 Å². The number of anilines is 2. The van der Waals surface area contributed by atoms with Crippen molar-refractivity contribution in [1.29, 1.82) is 0 Å². The summed E-state index contributed by atoms with van der Waals surface area (Å²) in [6.07, 6.45) is 0. The fourth-order valence-corrected chi connectivity index (χ4v) is 2.58. The number of hydrazone groups is 1. The van der Waals surface area contributed by atoms with Gasteiger partial charge in [-0.3, -0.25) is 15.6 Å². The van der Waals surface area contributed by atoms with Crippen molar-refractivity contribution >= 4 is 23.0 Å². The lowest BCUT2D eigenvalue weighted by Gasteiger charge is -2.18. The summed E-state index contributed by atoms with van der Waals surface area (Å²) in [5.41, 5.74) is 7.87. The molecule has 0 spiro atoms. The smallest absolute Gasteiger partial charge is 0.299 e. The van der Waals surface area contributed by atoms with Crippen LogP contribution in [-0.2, 0) is 4.79 Å². The molecule has 4 rings (SSSR count). The van der Waals surface area contributed by atoms with E-state index >= 15 is 0 Å². The summed E-state index contributed by atoms with van der Waals surface area (Å²) in [5, 5.41) is 5.61. The first kappa shape index (κ1) is 15.1. The molecule has 2 heterocycles. The summed E-state index contributed by atoms with van der Waals surface area (Å²) >= 11 is 0. The van der Waals surface area contributed by atoms with Crippen molar-refractivity contribution in [3.63, 3.8) is 0 Å². The molecular weight excluding hydrogens is 320 g/mol. The van der Waals surface area contributed by atoms with Crippen LogP contribution in [0.25, 0.3) is 0 Å². The Bertz CT molecular complexity index is 864. The number of hydrazine groups is 1. The summed E-state index contributed by atoms with van der Waals surface area (Å²) in [6.45, 7) is 4.90. The van der Waals surface area contributed by atoms with Crippen LogP contribution in [0, 0.1) is 0 Å². The molecule has 2 aromatic carbocycles. The number of rotatable bonds is 3. The summed E-state index contributed by atoms with van der Waals surface area (Å²) in [6, 6.07) is 14.6. The Hall–Kier alpha value is -3.48. The van der Waals surface area contributed by atoms with Crippen LogP contribution >= 0.6 is 0 Å². The van der Waals surface area contributed by atoms with Gasteiger partial charge in [0, 0.05) is 6.07 Å². The number of nitrogens with one attached hydrogen (secondary N) is 2. The second-order valence-electron chi connectivity index (χ2n) is 5.50. The average molecular weight is 336 g/mol. The Morgan fingerprint density at radius 2 is 1.84 bits per heavy atom. The van der Waals surface area contributed by atoms with Crippen molar-refractivity contribution in [1.82, 2.24) is 5.43 Å². The molecule has 7 heteroatoms. The molecule has 25 heavy (non-hydrogen) atoms. The standard InChI is InChI=1S/C18H16N4O3/c1-12-17(18(23)22(21-12)14-5-3-2-4-6-14)20-19-13-7-8-15-16(11-13)25-10-9-24-15/h2-8,11,19,21H,1,9-10H2. The SMILES string of the molecule is C=C1NN(c2ccccc2)C(=O)C1=NNc1ccc2c(c1)OCCO2. The van der Waals surface area contributed by atoms with Gasteiger partial charge in [0.2, 0.25) is 0 Å². The van der Waals surface area contributed by atoms with E-state index in [0.29, 0.717) is 36.1 Å². The highest BCUT2D eigenvalue weighted by atomic mass is 16.6. The average Bonchev–Trinajstić information content (AvgIpc) is 2.94. The summed E-state index contributed by atoms with van der Waals surface area (Å²) in [4.78, 5) is 12.6. The number of carbonyl (C=O) groups excluding carboxylic acids is 1. The molecule has 2 N–H and O–H groups in total. The molecule has 2 aliphatic heterocycles. The van der Waals surface area contributed by atoms with E-state index in [2.05, 4.69) is 22.5 Å². The van der Waals surface area contributed by atoms with Crippen LogP contribution in [0.4, 0.5) is 11.4 Å². The molecule has 1 fully saturated rings. The molecule has 126 valence electrons. The number of ether oxygens (including phenoxy) is 2. The van der Waals surface area contributed by atoms with Gasteiger partial charge in [0.15, 0.2) is 17.2 Å². The van der Waals surface area contributed by atoms with Crippen molar-refractivity contribution in [3.05, 3.63) is 60.8 Å². The van der Waals surface area contributed by atoms with Gasteiger partial charge in [0.05, 0.1) is 17.1 Å². The van der Waals surface area contributed by atoms with Gasteiger partial charge in [-0.15, -0.1) is 0 Å². The van der Waals surface area contributed by atoms with Crippen LogP contribution in [0.5, 0.6) is 11.5 Å². The van der Waals surface area contributed by atoms with Crippen molar-refractivity contribution in [3.8, 4) is 11.5 Å². The Morgan fingerprint density at radius 3 is 2.64 bits per heavy atom.